The van der Waals surface area contributed by atoms with Gasteiger partial charge in [-0.2, -0.15) is 4.98 Å². The molecule has 1 saturated heterocycles. The molecular formula is C17H19FN4O3. The maximum atomic E-state index is 13.7. The fraction of sp³-hybridized carbons (Fsp3) is 0.471. The molecule has 2 heterocycles. The van der Waals surface area contributed by atoms with Crippen molar-refractivity contribution in [1.82, 2.24) is 15.5 Å². The van der Waals surface area contributed by atoms with Crippen molar-refractivity contribution in [3.63, 3.8) is 0 Å². The summed E-state index contributed by atoms with van der Waals surface area (Å²) in [6, 6.07) is 3.65. The SMILES string of the molecule is O=C(NCC1CCCO1)Nc1ccc(F)cc1-c1nc(C2CC2)no1. The third-order valence-electron chi connectivity index (χ3n) is 4.36. The molecule has 132 valence electrons. The third-order valence-corrected chi connectivity index (χ3v) is 4.36. The van der Waals surface area contributed by atoms with Gasteiger partial charge in [-0.1, -0.05) is 5.16 Å². The highest BCUT2D eigenvalue weighted by Crippen LogP contribution is 2.39. The topological polar surface area (TPSA) is 89.3 Å². The molecule has 8 heteroatoms. The van der Waals surface area contributed by atoms with Gasteiger partial charge in [0.15, 0.2) is 5.82 Å². The van der Waals surface area contributed by atoms with Gasteiger partial charge in [-0.3, -0.25) is 0 Å². The number of aromatic nitrogens is 2. The number of rotatable bonds is 5. The van der Waals surface area contributed by atoms with Crippen LogP contribution >= 0.6 is 0 Å². The van der Waals surface area contributed by atoms with Crippen LogP contribution in [0.2, 0.25) is 0 Å². The fourth-order valence-corrected chi connectivity index (χ4v) is 2.83. The van der Waals surface area contributed by atoms with E-state index in [1.54, 1.807) is 0 Å². The number of benzene rings is 1. The molecule has 2 fully saturated rings. The van der Waals surface area contributed by atoms with Crippen molar-refractivity contribution in [3.8, 4) is 11.5 Å². The second kappa shape index (κ2) is 6.79. The van der Waals surface area contributed by atoms with E-state index in [4.69, 9.17) is 9.26 Å². The van der Waals surface area contributed by atoms with Crippen LogP contribution in [0.3, 0.4) is 0 Å². The summed E-state index contributed by atoms with van der Waals surface area (Å²) in [5.41, 5.74) is 0.781. The Balaban J connectivity index is 1.47. The molecule has 1 aromatic carbocycles. The van der Waals surface area contributed by atoms with Gasteiger partial charge in [0.2, 0.25) is 0 Å². The number of carbonyl (C=O) groups is 1. The Morgan fingerprint density at radius 3 is 2.96 bits per heavy atom. The van der Waals surface area contributed by atoms with Crippen LogP contribution < -0.4 is 10.6 Å². The summed E-state index contributed by atoms with van der Waals surface area (Å²) in [6.45, 7) is 1.17. The molecule has 0 spiro atoms. The van der Waals surface area contributed by atoms with Gasteiger partial charge >= 0.3 is 6.03 Å². The zero-order valence-electron chi connectivity index (χ0n) is 13.6. The molecule has 2 N–H and O–H groups in total. The van der Waals surface area contributed by atoms with E-state index in [1.807, 2.05) is 0 Å². The lowest BCUT2D eigenvalue weighted by molar-refractivity contribution is 0.112. The predicted octanol–water partition coefficient (Wildman–Crippen LogP) is 3.05. The highest BCUT2D eigenvalue weighted by Gasteiger charge is 2.29. The largest absolute Gasteiger partial charge is 0.376 e. The van der Waals surface area contributed by atoms with E-state index in [-0.39, 0.29) is 18.0 Å². The second-order valence-electron chi connectivity index (χ2n) is 6.39. The van der Waals surface area contributed by atoms with E-state index in [1.165, 1.54) is 18.2 Å². The van der Waals surface area contributed by atoms with Gasteiger partial charge in [-0.25, -0.2) is 9.18 Å². The number of carbonyl (C=O) groups excluding carboxylic acids is 1. The van der Waals surface area contributed by atoms with Crippen LogP contribution in [0.4, 0.5) is 14.9 Å². The van der Waals surface area contributed by atoms with E-state index < -0.39 is 5.82 Å². The summed E-state index contributed by atoms with van der Waals surface area (Å²) in [6.07, 6.45) is 4.08. The molecule has 0 bridgehead atoms. The Hall–Kier alpha value is -2.48. The Morgan fingerprint density at radius 1 is 1.32 bits per heavy atom. The van der Waals surface area contributed by atoms with Gasteiger partial charge in [-0.05, 0) is 43.9 Å². The van der Waals surface area contributed by atoms with Crippen molar-refractivity contribution in [2.24, 2.45) is 0 Å². The van der Waals surface area contributed by atoms with Gasteiger partial charge in [0, 0.05) is 19.1 Å². The first-order valence-corrected chi connectivity index (χ1v) is 8.49. The number of halogens is 1. The molecule has 4 rings (SSSR count). The smallest absolute Gasteiger partial charge is 0.319 e. The molecule has 1 saturated carbocycles. The molecule has 25 heavy (non-hydrogen) atoms. The number of amides is 2. The van der Waals surface area contributed by atoms with Gasteiger partial charge < -0.3 is 19.9 Å². The summed E-state index contributed by atoms with van der Waals surface area (Å²) in [4.78, 5) is 16.4. The lowest BCUT2D eigenvalue weighted by atomic mass is 10.1. The van der Waals surface area contributed by atoms with Crippen molar-refractivity contribution < 1.29 is 18.4 Å². The van der Waals surface area contributed by atoms with Gasteiger partial charge in [-0.15, -0.1) is 0 Å². The van der Waals surface area contributed by atoms with Crippen molar-refractivity contribution in [3.05, 3.63) is 29.8 Å². The summed E-state index contributed by atoms with van der Waals surface area (Å²) >= 11 is 0. The van der Waals surface area contributed by atoms with E-state index >= 15 is 0 Å². The first-order chi connectivity index (χ1) is 12.2. The molecular weight excluding hydrogens is 327 g/mol. The van der Waals surface area contributed by atoms with Crippen molar-refractivity contribution in [2.75, 3.05) is 18.5 Å². The van der Waals surface area contributed by atoms with Gasteiger partial charge in [0.05, 0.1) is 17.4 Å². The maximum absolute atomic E-state index is 13.7. The zero-order valence-corrected chi connectivity index (χ0v) is 13.6. The second-order valence-corrected chi connectivity index (χ2v) is 6.39. The molecule has 2 aliphatic rings. The average Bonchev–Trinajstić information content (AvgIpc) is 3.12. The Morgan fingerprint density at radius 2 is 2.20 bits per heavy atom. The van der Waals surface area contributed by atoms with Crippen LogP contribution in [0.15, 0.2) is 22.7 Å². The van der Waals surface area contributed by atoms with Gasteiger partial charge in [0.1, 0.15) is 5.82 Å². The summed E-state index contributed by atoms with van der Waals surface area (Å²) in [5, 5.41) is 9.42. The molecule has 0 radical (unpaired) electrons. The van der Waals surface area contributed by atoms with Gasteiger partial charge in [0.25, 0.3) is 5.89 Å². The summed E-state index contributed by atoms with van der Waals surface area (Å²) < 4.78 is 24.4. The number of anilines is 1. The van der Waals surface area contributed by atoms with Crippen LogP contribution in [0.1, 0.15) is 37.4 Å². The standard InChI is InChI=1S/C17H19FN4O3/c18-11-5-6-14(20-17(23)19-9-12-2-1-7-24-12)13(8-11)16-21-15(22-25-16)10-3-4-10/h5-6,8,10,12H,1-4,7,9H2,(H2,19,20,23). The number of ether oxygens (including phenoxy) is 1. The van der Waals surface area contributed by atoms with E-state index in [0.717, 1.165) is 32.3 Å². The number of hydrogen-bond donors (Lipinski definition) is 2. The van der Waals surface area contributed by atoms with Crippen molar-refractivity contribution in [2.45, 2.75) is 37.7 Å². The van der Waals surface area contributed by atoms with Crippen LogP contribution in [-0.4, -0.2) is 35.4 Å². The fourth-order valence-electron chi connectivity index (χ4n) is 2.83. The number of urea groups is 1. The maximum Gasteiger partial charge on any atom is 0.319 e. The predicted molar refractivity (Wildman–Crippen MR) is 87.7 cm³/mol. The molecule has 1 unspecified atom stereocenters. The average molecular weight is 346 g/mol. The molecule has 1 aromatic heterocycles. The van der Waals surface area contributed by atoms with Crippen LogP contribution in [0.25, 0.3) is 11.5 Å². The molecule has 1 atom stereocenters. The van der Waals surface area contributed by atoms with Crippen LogP contribution in [0.5, 0.6) is 0 Å². The quantitative estimate of drug-likeness (QED) is 0.868. The van der Waals surface area contributed by atoms with Crippen LogP contribution in [0, 0.1) is 5.82 Å². The first kappa shape index (κ1) is 16.0. The van der Waals surface area contributed by atoms with Crippen molar-refractivity contribution >= 4 is 11.7 Å². The van der Waals surface area contributed by atoms with Crippen molar-refractivity contribution in [1.29, 1.82) is 0 Å². The van der Waals surface area contributed by atoms with E-state index in [2.05, 4.69) is 20.8 Å². The number of nitrogens with zero attached hydrogens (tertiary/aromatic N) is 2. The first-order valence-electron chi connectivity index (χ1n) is 8.49. The minimum Gasteiger partial charge on any atom is -0.376 e. The van der Waals surface area contributed by atoms with Crippen LogP contribution in [-0.2, 0) is 4.74 Å². The molecule has 7 nitrogen and oxygen atoms in total. The Kier molecular flexibility index (Phi) is 4.35. The molecule has 2 amide bonds. The highest BCUT2D eigenvalue weighted by atomic mass is 19.1. The lowest BCUT2D eigenvalue weighted by Crippen LogP contribution is -2.35. The Labute approximate surface area is 143 Å². The lowest BCUT2D eigenvalue weighted by Gasteiger charge is -2.13. The van der Waals surface area contributed by atoms with E-state index in [0.29, 0.717) is 29.5 Å². The summed E-state index contributed by atoms with van der Waals surface area (Å²) in [5.74, 6) is 0.729. The minimum atomic E-state index is -0.438. The molecule has 1 aliphatic heterocycles. The normalized spacial score (nSPS) is 19.8. The Bertz CT molecular complexity index is 769. The minimum absolute atomic E-state index is 0.0514. The third kappa shape index (κ3) is 3.79. The number of hydrogen-bond acceptors (Lipinski definition) is 5. The summed E-state index contributed by atoms with van der Waals surface area (Å²) in [7, 11) is 0. The zero-order chi connectivity index (χ0) is 17.2. The number of nitrogens with one attached hydrogen (secondary N) is 2. The molecule has 2 aromatic rings. The highest BCUT2D eigenvalue weighted by molar-refractivity contribution is 5.93. The monoisotopic (exact) mass is 346 g/mol. The van der Waals surface area contributed by atoms with E-state index in [9.17, 15) is 9.18 Å². The molecule has 1 aliphatic carbocycles.